The van der Waals surface area contributed by atoms with Crippen LogP contribution in [0.15, 0.2) is 103 Å². The summed E-state index contributed by atoms with van der Waals surface area (Å²) in [6, 6.07) is 33.1. The van der Waals surface area contributed by atoms with Gasteiger partial charge in [-0.25, -0.2) is 0 Å². The minimum atomic E-state index is -0.283. The summed E-state index contributed by atoms with van der Waals surface area (Å²) in [6.07, 6.45) is 11.3. The second-order valence-corrected chi connectivity index (χ2v) is 9.81. The molecule has 3 aromatic carbocycles. The van der Waals surface area contributed by atoms with E-state index in [0.717, 1.165) is 0 Å². The molecule has 1 N–H and O–H groups in total. The third kappa shape index (κ3) is 4.56. The highest BCUT2D eigenvalue weighted by molar-refractivity contribution is 8.09. The van der Waals surface area contributed by atoms with E-state index in [4.69, 9.17) is 0 Å². The average molecular weight is 424 g/mol. The molecule has 0 amide bonds. The Morgan fingerprint density at radius 2 is 1.26 bits per heavy atom. The second kappa shape index (κ2) is 9.30. The predicted molar refractivity (Wildman–Crippen MR) is 135 cm³/mol. The lowest BCUT2D eigenvalue weighted by atomic mass is 9.92. The molecule has 1 heterocycles. The first kappa shape index (κ1) is 20.4. The van der Waals surface area contributed by atoms with Crippen LogP contribution in [0.4, 0.5) is 0 Å². The SMILES string of the molecule is C1=C(c2ccccc2)C=C(c2ccccc2)SC1(NC1CCCCC1)c1ccccc1. The number of hydrogen-bond acceptors (Lipinski definition) is 2. The van der Waals surface area contributed by atoms with Crippen molar-refractivity contribution < 1.29 is 0 Å². The Labute approximate surface area is 190 Å². The molecule has 1 nitrogen and oxygen atoms in total. The van der Waals surface area contributed by atoms with Crippen molar-refractivity contribution in [1.29, 1.82) is 0 Å². The maximum atomic E-state index is 4.13. The molecule has 2 aliphatic rings. The molecular formula is C29H29NS. The Bertz CT molecular complexity index is 1050. The quantitative estimate of drug-likeness (QED) is 0.453. The van der Waals surface area contributed by atoms with Crippen molar-refractivity contribution in [2.24, 2.45) is 0 Å². The fourth-order valence-electron chi connectivity index (χ4n) is 4.71. The van der Waals surface area contributed by atoms with Crippen LogP contribution in [-0.4, -0.2) is 6.04 Å². The zero-order valence-electron chi connectivity index (χ0n) is 17.8. The molecule has 0 bridgehead atoms. The fraction of sp³-hybridized carbons (Fsp3) is 0.241. The number of thioether (sulfide) groups is 1. The van der Waals surface area contributed by atoms with E-state index in [1.165, 1.54) is 59.3 Å². The van der Waals surface area contributed by atoms with E-state index >= 15 is 0 Å². The van der Waals surface area contributed by atoms with Gasteiger partial charge in [-0.15, -0.1) is 0 Å². The summed E-state index contributed by atoms with van der Waals surface area (Å²) in [5.74, 6) is 0. The van der Waals surface area contributed by atoms with E-state index in [2.05, 4.69) is 108 Å². The van der Waals surface area contributed by atoms with E-state index in [1.807, 2.05) is 11.8 Å². The predicted octanol–water partition coefficient (Wildman–Crippen LogP) is 7.63. The number of rotatable bonds is 5. The molecule has 1 aliphatic heterocycles. The van der Waals surface area contributed by atoms with Crippen molar-refractivity contribution in [3.8, 4) is 0 Å². The largest absolute Gasteiger partial charge is 0.293 e. The maximum absolute atomic E-state index is 4.13. The van der Waals surface area contributed by atoms with E-state index in [-0.39, 0.29) is 4.87 Å². The van der Waals surface area contributed by atoms with Gasteiger partial charge in [0.2, 0.25) is 0 Å². The Hall–Kier alpha value is -2.55. The zero-order valence-corrected chi connectivity index (χ0v) is 18.7. The van der Waals surface area contributed by atoms with Gasteiger partial charge in [-0.1, -0.05) is 122 Å². The molecule has 156 valence electrons. The molecule has 1 fully saturated rings. The third-order valence-corrected chi connectivity index (χ3v) is 7.67. The summed E-state index contributed by atoms with van der Waals surface area (Å²) in [6.45, 7) is 0. The molecule has 1 atom stereocenters. The minimum absolute atomic E-state index is 0.283. The average Bonchev–Trinajstić information content (AvgIpc) is 2.86. The Morgan fingerprint density at radius 1 is 0.677 bits per heavy atom. The molecule has 2 heteroatoms. The molecule has 0 radical (unpaired) electrons. The first-order valence-electron chi connectivity index (χ1n) is 11.4. The molecule has 5 rings (SSSR count). The maximum Gasteiger partial charge on any atom is 0.115 e. The lowest BCUT2D eigenvalue weighted by Gasteiger charge is -2.40. The van der Waals surface area contributed by atoms with Gasteiger partial charge in [0.15, 0.2) is 0 Å². The monoisotopic (exact) mass is 423 g/mol. The van der Waals surface area contributed by atoms with Gasteiger partial charge in [0.25, 0.3) is 0 Å². The molecular weight excluding hydrogens is 394 g/mol. The number of hydrogen-bond donors (Lipinski definition) is 1. The number of allylic oxidation sites excluding steroid dienone is 2. The summed E-state index contributed by atoms with van der Waals surface area (Å²) >= 11 is 1.95. The molecule has 1 unspecified atom stereocenters. The minimum Gasteiger partial charge on any atom is -0.293 e. The first-order valence-corrected chi connectivity index (χ1v) is 12.2. The highest BCUT2D eigenvalue weighted by Gasteiger charge is 2.37. The standard InChI is InChI=1S/C29H29NS/c1-5-13-23(14-6-1)25-21-28(24-15-7-2-8-16-24)31-29(22-25,26-17-9-3-10-18-26)30-27-19-11-4-12-20-27/h1-3,5-10,13-18,21-22,27,30H,4,11-12,19-20H2. The van der Waals surface area contributed by atoms with Crippen molar-refractivity contribution >= 4 is 22.2 Å². The zero-order chi connectivity index (χ0) is 20.9. The van der Waals surface area contributed by atoms with Crippen LogP contribution >= 0.6 is 11.8 Å². The van der Waals surface area contributed by atoms with Gasteiger partial charge >= 0.3 is 0 Å². The summed E-state index contributed by atoms with van der Waals surface area (Å²) in [4.78, 5) is 1.03. The van der Waals surface area contributed by atoms with Crippen molar-refractivity contribution in [1.82, 2.24) is 5.32 Å². The van der Waals surface area contributed by atoms with Crippen LogP contribution in [0.1, 0.15) is 48.8 Å². The topological polar surface area (TPSA) is 12.0 Å². The Kier molecular flexibility index (Phi) is 6.11. The van der Waals surface area contributed by atoms with Gasteiger partial charge in [0.1, 0.15) is 4.87 Å². The van der Waals surface area contributed by atoms with Gasteiger partial charge < -0.3 is 0 Å². The van der Waals surface area contributed by atoms with E-state index in [0.29, 0.717) is 6.04 Å². The third-order valence-electron chi connectivity index (χ3n) is 6.31. The molecule has 1 saturated carbocycles. The highest BCUT2D eigenvalue weighted by atomic mass is 32.2. The van der Waals surface area contributed by atoms with Crippen LogP contribution in [0.3, 0.4) is 0 Å². The molecule has 31 heavy (non-hydrogen) atoms. The van der Waals surface area contributed by atoms with Crippen molar-refractivity contribution in [2.45, 2.75) is 43.0 Å². The summed E-state index contributed by atoms with van der Waals surface area (Å²) in [5, 5.41) is 4.13. The summed E-state index contributed by atoms with van der Waals surface area (Å²) in [7, 11) is 0. The number of nitrogens with one attached hydrogen (secondary N) is 1. The second-order valence-electron chi connectivity index (χ2n) is 8.52. The molecule has 3 aromatic rings. The Morgan fingerprint density at radius 3 is 1.90 bits per heavy atom. The van der Waals surface area contributed by atoms with Crippen LogP contribution in [0.2, 0.25) is 0 Å². The molecule has 0 spiro atoms. The lowest BCUT2D eigenvalue weighted by molar-refractivity contribution is 0.345. The first-order chi connectivity index (χ1) is 15.3. The van der Waals surface area contributed by atoms with Crippen molar-refractivity contribution in [2.75, 3.05) is 0 Å². The Balaban J connectivity index is 1.64. The summed E-state index contributed by atoms with van der Waals surface area (Å²) in [5.41, 5.74) is 5.15. The fourth-order valence-corrected chi connectivity index (χ4v) is 6.16. The van der Waals surface area contributed by atoms with E-state index in [1.54, 1.807) is 0 Å². The van der Waals surface area contributed by atoms with Crippen molar-refractivity contribution in [3.05, 3.63) is 120 Å². The van der Waals surface area contributed by atoms with Crippen LogP contribution in [0.5, 0.6) is 0 Å². The van der Waals surface area contributed by atoms with Gasteiger partial charge in [0.05, 0.1) is 0 Å². The smallest absolute Gasteiger partial charge is 0.115 e. The van der Waals surface area contributed by atoms with Crippen LogP contribution in [0, 0.1) is 0 Å². The normalized spacial score (nSPS) is 21.9. The van der Waals surface area contributed by atoms with Gasteiger partial charge in [-0.05, 0) is 47.3 Å². The number of benzene rings is 3. The van der Waals surface area contributed by atoms with Gasteiger partial charge in [0, 0.05) is 10.9 Å². The lowest BCUT2D eigenvalue weighted by Crippen LogP contribution is -2.46. The molecule has 1 aliphatic carbocycles. The van der Waals surface area contributed by atoms with Crippen LogP contribution in [-0.2, 0) is 4.87 Å². The van der Waals surface area contributed by atoms with Gasteiger partial charge in [-0.3, -0.25) is 5.32 Å². The van der Waals surface area contributed by atoms with E-state index in [9.17, 15) is 0 Å². The summed E-state index contributed by atoms with van der Waals surface area (Å²) < 4.78 is 0. The van der Waals surface area contributed by atoms with Gasteiger partial charge in [-0.2, -0.15) is 0 Å². The van der Waals surface area contributed by atoms with Crippen molar-refractivity contribution in [3.63, 3.8) is 0 Å². The van der Waals surface area contributed by atoms with Crippen LogP contribution in [0.25, 0.3) is 10.5 Å². The van der Waals surface area contributed by atoms with E-state index < -0.39 is 0 Å². The highest BCUT2D eigenvalue weighted by Crippen LogP contribution is 2.50. The molecule has 0 aromatic heterocycles. The molecule has 0 saturated heterocycles. The van der Waals surface area contributed by atoms with Crippen LogP contribution < -0.4 is 5.32 Å².